The Hall–Kier alpha value is -1.55. The largest absolute Gasteiger partial charge is 0.396 e. The summed E-state index contributed by atoms with van der Waals surface area (Å²) in [6.45, 7) is 1.76. The van der Waals surface area contributed by atoms with E-state index in [1.807, 2.05) is 0 Å². The molecule has 0 radical (unpaired) electrons. The zero-order valence-electron chi connectivity index (χ0n) is 8.04. The summed E-state index contributed by atoms with van der Waals surface area (Å²) in [5.74, 6) is -0.422. The predicted molar refractivity (Wildman–Crippen MR) is 57.7 cm³/mol. The Balaban J connectivity index is 2.69. The first-order valence-corrected chi connectivity index (χ1v) is 4.73. The first kappa shape index (κ1) is 9.98. The van der Waals surface area contributed by atoms with Gasteiger partial charge in [0.05, 0.1) is 22.6 Å². The Bertz CT molecular complexity index is 487. The highest BCUT2D eigenvalue weighted by Gasteiger charge is 2.13. The Morgan fingerprint density at radius 1 is 1.47 bits per heavy atom. The van der Waals surface area contributed by atoms with E-state index in [2.05, 4.69) is 5.10 Å². The molecule has 0 aliphatic rings. The van der Waals surface area contributed by atoms with E-state index >= 15 is 0 Å². The number of aromatic nitrogens is 2. The molecule has 0 saturated heterocycles. The van der Waals surface area contributed by atoms with Gasteiger partial charge >= 0.3 is 0 Å². The quantitative estimate of drug-likeness (QED) is 0.811. The fraction of sp³-hybridized carbons (Fsp3) is 0.100. The highest BCUT2D eigenvalue weighted by Crippen LogP contribution is 2.25. The summed E-state index contributed by atoms with van der Waals surface area (Å²) >= 11 is 5.90. The van der Waals surface area contributed by atoms with Crippen LogP contribution in [-0.2, 0) is 0 Å². The molecule has 0 unspecified atom stereocenters. The van der Waals surface area contributed by atoms with Gasteiger partial charge in [-0.15, -0.1) is 0 Å². The van der Waals surface area contributed by atoms with Crippen molar-refractivity contribution < 1.29 is 4.39 Å². The molecule has 1 aromatic heterocycles. The Labute approximate surface area is 91.3 Å². The molecule has 1 heterocycles. The zero-order chi connectivity index (χ0) is 11.0. The van der Waals surface area contributed by atoms with Crippen molar-refractivity contribution in [2.24, 2.45) is 0 Å². The molecule has 5 heteroatoms. The van der Waals surface area contributed by atoms with Crippen molar-refractivity contribution in [3.63, 3.8) is 0 Å². The summed E-state index contributed by atoms with van der Waals surface area (Å²) in [5.41, 5.74) is 7.04. The lowest BCUT2D eigenvalue weighted by atomic mass is 10.3. The molecule has 0 bridgehead atoms. The van der Waals surface area contributed by atoms with Crippen LogP contribution >= 0.6 is 11.6 Å². The summed E-state index contributed by atoms with van der Waals surface area (Å²) < 4.78 is 14.9. The molecular weight excluding hydrogens is 217 g/mol. The number of hydrogen-bond donors (Lipinski definition) is 1. The van der Waals surface area contributed by atoms with Gasteiger partial charge in [-0.05, 0) is 19.1 Å². The molecule has 0 aliphatic heterocycles. The molecule has 0 aliphatic carbocycles. The van der Waals surface area contributed by atoms with Gasteiger partial charge in [-0.3, -0.25) is 0 Å². The van der Waals surface area contributed by atoms with Crippen LogP contribution in [0.4, 0.5) is 10.1 Å². The first-order chi connectivity index (χ1) is 7.11. The lowest BCUT2D eigenvalue weighted by molar-refractivity contribution is 0.609. The van der Waals surface area contributed by atoms with Gasteiger partial charge in [0, 0.05) is 0 Å². The Kier molecular flexibility index (Phi) is 2.36. The van der Waals surface area contributed by atoms with Gasteiger partial charge < -0.3 is 5.73 Å². The molecule has 2 N–H and O–H groups in total. The normalized spacial score (nSPS) is 10.6. The smallest absolute Gasteiger partial charge is 0.150 e. The SMILES string of the molecule is Cc1c(N)cnn1-c1c(F)cccc1Cl. The number of nitrogen functional groups attached to an aromatic ring is 1. The molecular formula is C10H9ClFN3. The number of hydrogen-bond acceptors (Lipinski definition) is 2. The maximum absolute atomic E-state index is 13.5. The number of rotatable bonds is 1. The second-order valence-electron chi connectivity index (χ2n) is 3.17. The lowest BCUT2D eigenvalue weighted by Crippen LogP contribution is -2.03. The summed E-state index contributed by atoms with van der Waals surface area (Å²) in [7, 11) is 0. The third-order valence-electron chi connectivity index (χ3n) is 2.20. The van der Waals surface area contributed by atoms with Crippen LogP contribution in [0.5, 0.6) is 0 Å². The van der Waals surface area contributed by atoms with Crippen LogP contribution < -0.4 is 5.73 Å². The molecule has 1 aromatic carbocycles. The second-order valence-corrected chi connectivity index (χ2v) is 3.57. The van der Waals surface area contributed by atoms with Crippen LogP contribution in [0, 0.1) is 12.7 Å². The van der Waals surface area contributed by atoms with E-state index < -0.39 is 5.82 Å². The van der Waals surface area contributed by atoms with E-state index in [4.69, 9.17) is 17.3 Å². The highest BCUT2D eigenvalue weighted by atomic mass is 35.5. The third kappa shape index (κ3) is 1.57. The molecule has 2 rings (SSSR count). The average molecular weight is 226 g/mol. The minimum Gasteiger partial charge on any atom is -0.396 e. The molecule has 0 atom stereocenters. The number of nitrogens with zero attached hydrogens (tertiary/aromatic N) is 2. The fourth-order valence-electron chi connectivity index (χ4n) is 1.34. The average Bonchev–Trinajstić information content (AvgIpc) is 2.49. The van der Waals surface area contributed by atoms with E-state index in [0.29, 0.717) is 16.4 Å². The van der Waals surface area contributed by atoms with Crippen molar-refractivity contribution in [1.82, 2.24) is 9.78 Å². The zero-order valence-corrected chi connectivity index (χ0v) is 8.79. The maximum Gasteiger partial charge on any atom is 0.150 e. The van der Waals surface area contributed by atoms with Gasteiger partial charge in [-0.25, -0.2) is 9.07 Å². The molecule has 2 aromatic rings. The number of anilines is 1. The topological polar surface area (TPSA) is 43.8 Å². The minimum atomic E-state index is -0.422. The maximum atomic E-state index is 13.5. The summed E-state index contributed by atoms with van der Waals surface area (Å²) in [4.78, 5) is 0. The van der Waals surface area contributed by atoms with E-state index in [1.165, 1.54) is 16.9 Å². The van der Waals surface area contributed by atoms with Crippen molar-refractivity contribution in [2.75, 3.05) is 5.73 Å². The Morgan fingerprint density at radius 2 is 2.20 bits per heavy atom. The van der Waals surface area contributed by atoms with E-state index in [1.54, 1.807) is 19.1 Å². The van der Waals surface area contributed by atoms with Crippen molar-refractivity contribution in [3.05, 3.63) is 40.9 Å². The van der Waals surface area contributed by atoms with E-state index in [9.17, 15) is 4.39 Å². The lowest BCUT2D eigenvalue weighted by Gasteiger charge is -2.07. The van der Waals surface area contributed by atoms with Crippen LogP contribution in [0.15, 0.2) is 24.4 Å². The van der Waals surface area contributed by atoms with Crippen LogP contribution in [0.2, 0.25) is 5.02 Å². The molecule has 0 amide bonds. The van der Waals surface area contributed by atoms with Gasteiger partial charge in [0.25, 0.3) is 0 Å². The van der Waals surface area contributed by atoms with Gasteiger partial charge in [0.15, 0.2) is 0 Å². The van der Waals surface area contributed by atoms with E-state index in [-0.39, 0.29) is 5.69 Å². The number of benzene rings is 1. The number of nitrogens with two attached hydrogens (primary N) is 1. The van der Waals surface area contributed by atoms with Gasteiger partial charge in [-0.1, -0.05) is 17.7 Å². The first-order valence-electron chi connectivity index (χ1n) is 4.35. The monoisotopic (exact) mass is 225 g/mol. The van der Waals surface area contributed by atoms with Crippen molar-refractivity contribution in [2.45, 2.75) is 6.92 Å². The van der Waals surface area contributed by atoms with Crippen molar-refractivity contribution in [3.8, 4) is 5.69 Å². The molecule has 15 heavy (non-hydrogen) atoms. The second kappa shape index (κ2) is 3.55. The van der Waals surface area contributed by atoms with Crippen LogP contribution in [-0.4, -0.2) is 9.78 Å². The highest BCUT2D eigenvalue weighted by molar-refractivity contribution is 6.32. The van der Waals surface area contributed by atoms with Gasteiger partial charge in [0.1, 0.15) is 11.5 Å². The molecule has 0 fully saturated rings. The fourth-order valence-corrected chi connectivity index (χ4v) is 1.58. The van der Waals surface area contributed by atoms with Crippen molar-refractivity contribution >= 4 is 17.3 Å². The van der Waals surface area contributed by atoms with Crippen molar-refractivity contribution in [1.29, 1.82) is 0 Å². The standard InChI is InChI=1S/C10H9ClFN3/c1-6-9(13)5-14-15(6)10-7(11)3-2-4-8(10)12/h2-5H,13H2,1H3. The summed E-state index contributed by atoms with van der Waals surface area (Å²) in [5, 5.41) is 4.28. The number of para-hydroxylation sites is 1. The van der Waals surface area contributed by atoms with E-state index in [0.717, 1.165) is 0 Å². The van der Waals surface area contributed by atoms with Crippen LogP contribution in [0.3, 0.4) is 0 Å². The number of halogens is 2. The van der Waals surface area contributed by atoms with Gasteiger partial charge in [-0.2, -0.15) is 5.10 Å². The predicted octanol–water partition coefficient (Wildman–Crippen LogP) is 2.56. The molecule has 0 spiro atoms. The molecule has 3 nitrogen and oxygen atoms in total. The molecule has 0 saturated carbocycles. The minimum absolute atomic E-state index is 0.230. The third-order valence-corrected chi connectivity index (χ3v) is 2.50. The summed E-state index contributed by atoms with van der Waals surface area (Å²) in [6.07, 6.45) is 1.47. The Morgan fingerprint density at radius 3 is 2.73 bits per heavy atom. The molecule has 78 valence electrons. The van der Waals surface area contributed by atoms with Gasteiger partial charge in [0.2, 0.25) is 0 Å². The van der Waals surface area contributed by atoms with Crippen LogP contribution in [0.25, 0.3) is 5.69 Å². The van der Waals surface area contributed by atoms with Crippen LogP contribution in [0.1, 0.15) is 5.69 Å². The summed E-state index contributed by atoms with van der Waals surface area (Å²) in [6, 6.07) is 4.49.